The number of carbonyl (C=O) groups excluding carboxylic acids is 2. The molecule has 2 aromatic rings. The third kappa shape index (κ3) is 5.34. The minimum absolute atomic E-state index is 0.138. The molecule has 1 heterocycles. The maximum absolute atomic E-state index is 12.6. The molecule has 1 aliphatic heterocycles. The van der Waals surface area contributed by atoms with E-state index in [9.17, 15) is 9.59 Å². The highest BCUT2D eigenvalue weighted by Gasteiger charge is 2.19. The number of thioether (sulfide) groups is 1. The Morgan fingerprint density at radius 1 is 1.04 bits per heavy atom. The molecule has 1 unspecified atom stereocenters. The van der Waals surface area contributed by atoms with Crippen molar-refractivity contribution in [2.24, 2.45) is 5.73 Å². The predicted molar refractivity (Wildman–Crippen MR) is 109 cm³/mol. The summed E-state index contributed by atoms with van der Waals surface area (Å²) in [5.41, 5.74) is 7.72. The Kier molecular flexibility index (Phi) is 6.90. The molecule has 2 aromatic carbocycles. The summed E-state index contributed by atoms with van der Waals surface area (Å²) in [6, 6.07) is 16.8. The van der Waals surface area contributed by atoms with Gasteiger partial charge >= 0.3 is 0 Å². The Bertz CT molecular complexity index is 776. The summed E-state index contributed by atoms with van der Waals surface area (Å²) in [5.74, 6) is 0.324. The van der Waals surface area contributed by atoms with Gasteiger partial charge < -0.3 is 16.0 Å². The van der Waals surface area contributed by atoms with Gasteiger partial charge in [0, 0.05) is 30.6 Å². The van der Waals surface area contributed by atoms with Gasteiger partial charge in [0.1, 0.15) is 0 Å². The quantitative estimate of drug-likeness (QED) is 0.721. The number of rotatable bonds is 7. The number of amides is 2. The van der Waals surface area contributed by atoms with Crippen LogP contribution in [-0.4, -0.2) is 42.1 Å². The molecular weight excluding hydrogens is 358 g/mol. The fourth-order valence-electron chi connectivity index (χ4n) is 3.09. The molecule has 5 nitrogen and oxygen atoms in total. The van der Waals surface area contributed by atoms with Gasteiger partial charge in [0.25, 0.3) is 5.91 Å². The SMILES string of the molecule is NC(CNC(=O)c1ccccc1SCC(=O)N1CCCC1)c1ccccc1. The first-order valence-electron chi connectivity index (χ1n) is 9.23. The van der Waals surface area contributed by atoms with Gasteiger partial charge in [-0.25, -0.2) is 0 Å². The molecule has 1 saturated heterocycles. The van der Waals surface area contributed by atoms with Crippen molar-refractivity contribution in [3.63, 3.8) is 0 Å². The molecule has 142 valence electrons. The van der Waals surface area contributed by atoms with Crippen LogP contribution in [0.25, 0.3) is 0 Å². The van der Waals surface area contributed by atoms with E-state index in [1.807, 2.05) is 53.4 Å². The molecule has 3 rings (SSSR count). The molecule has 2 amide bonds. The molecular formula is C21H25N3O2S. The average molecular weight is 384 g/mol. The van der Waals surface area contributed by atoms with E-state index in [4.69, 9.17) is 5.73 Å². The summed E-state index contributed by atoms with van der Waals surface area (Å²) in [5, 5.41) is 2.91. The summed E-state index contributed by atoms with van der Waals surface area (Å²) >= 11 is 1.42. The van der Waals surface area contributed by atoms with Gasteiger partial charge in [-0.3, -0.25) is 9.59 Å². The van der Waals surface area contributed by atoms with Crippen LogP contribution in [0.15, 0.2) is 59.5 Å². The van der Waals surface area contributed by atoms with Crippen LogP contribution in [0, 0.1) is 0 Å². The van der Waals surface area contributed by atoms with Crippen LogP contribution < -0.4 is 11.1 Å². The van der Waals surface area contributed by atoms with Crippen molar-refractivity contribution in [1.29, 1.82) is 0 Å². The third-order valence-corrected chi connectivity index (χ3v) is 5.71. The standard InChI is InChI=1S/C21H25N3O2S/c22-18(16-8-2-1-3-9-16)14-23-21(26)17-10-4-5-11-19(17)27-15-20(25)24-12-6-7-13-24/h1-5,8-11,18H,6-7,12-15,22H2,(H,23,26). The molecule has 0 spiro atoms. The van der Waals surface area contributed by atoms with Crippen LogP contribution in [-0.2, 0) is 4.79 Å². The van der Waals surface area contributed by atoms with E-state index in [0.29, 0.717) is 17.9 Å². The lowest BCUT2D eigenvalue weighted by Gasteiger charge is -2.16. The zero-order chi connectivity index (χ0) is 19.1. The Hall–Kier alpha value is -2.31. The highest BCUT2D eigenvalue weighted by molar-refractivity contribution is 8.00. The molecule has 27 heavy (non-hydrogen) atoms. The number of benzene rings is 2. The highest BCUT2D eigenvalue weighted by atomic mass is 32.2. The second-order valence-electron chi connectivity index (χ2n) is 6.60. The predicted octanol–water partition coefficient (Wildman–Crippen LogP) is 2.83. The lowest BCUT2D eigenvalue weighted by atomic mass is 10.1. The van der Waals surface area contributed by atoms with Crippen LogP contribution in [0.3, 0.4) is 0 Å². The van der Waals surface area contributed by atoms with Gasteiger partial charge in [-0.15, -0.1) is 11.8 Å². The van der Waals surface area contributed by atoms with E-state index < -0.39 is 0 Å². The van der Waals surface area contributed by atoms with Crippen LogP contribution in [0.2, 0.25) is 0 Å². The first-order valence-corrected chi connectivity index (χ1v) is 10.2. The number of nitrogens with one attached hydrogen (secondary N) is 1. The number of hydrogen-bond donors (Lipinski definition) is 2. The highest BCUT2D eigenvalue weighted by Crippen LogP contribution is 2.24. The molecule has 3 N–H and O–H groups in total. The lowest BCUT2D eigenvalue weighted by molar-refractivity contribution is -0.127. The molecule has 0 aliphatic carbocycles. The Morgan fingerprint density at radius 2 is 1.70 bits per heavy atom. The van der Waals surface area contributed by atoms with Crippen molar-refractivity contribution in [3.8, 4) is 0 Å². The first kappa shape index (κ1) is 19.5. The van der Waals surface area contributed by atoms with Crippen LogP contribution in [0.1, 0.15) is 34.8 Å². The Morgan fingerprint density at radius 3 is 2.44 bits per heavy atom. The Labute approximate surface area is 164 Å². The third-order valence-electron chi connectivity index (χ3n) is 4.65. The van der Waals surface area contributed by atoms with Crippen LogP contribution in [0.5, 0.6) is 0 Å². The molecule has 0 saturated carbocycles. The number of likely N-dealkylation sites (tertiary alicyclic amines) is 1. The van der Waals surface area contributed by atoms with Gasteiger partial charge in [-0.05, 0) is 30.5 Å². The van der Waals surface area contributed by atoms with E-state index >= 15 is 0 Å². The van der Waals surface area contributed by atoms with Crippen LogP contribution in [0.4, 0.5) is 0 Å². The molecule has 6 heteroatoms. The number of carbonyl (C=O) groups is 2. The number of nitrogens with zero attached hydrogens (tertiary/aromatic N) is 1. The first-order chi connectivity index (χ1) is 13.1. The smallest absolute Gasteiger partial charge is 0.252 e. The van der Waals surface area contributed by atoms with Crippen molar-refractivity contribution >= 4 is 23.6 Å². The number of hydrogen-bond acceptors (Lipinski definition) is 4. The number of nitrogens with two attached hydrogens (primary N) is 1. The van der Waals surface area contributed by atoms with Crippen molar-refractivity contribution in [1.82, 2.24) is 10.2 Å². The Balaban J connectivity index is 1.57. The summed E-state index contributed by atoms with van der Waals surface area (Å²) in [6.45, 7) is 2.05. The molecule has 0 radical (unpaired) electrons. The van der Waals surface area contributed by atoms with E-state index in [-0.39, 0.29) is 17.9 Å². The maximum atomic E-state index is 12.6. The minimum Gasteiger partial charge on any atom is -0.350 e. The summed E-state index contributed by atoms with van der Waals surface area (Å²) < 4.78 is 0. The normalized spacial score (nSPS) is 14.8. The monoisotopic (exact) mass is 383 g/mol. The van der Waals surface area contributed by atoms with Crippen molar-refractivity contribution < 1.29 is 9.59 Å². The molecule has 1 aliphatic rings. The zero-order valence-electron chi connectivity index (χ0n) is 15.3. The zero-order valence-corrected chi connectivity index (χ0v) is 16.1. The van der Waals surface area contributed by atoms with Gasteiger partial charge in [-0.2, -0.15) is 0 Å². The van der Waals surface area contributed by atoms with Crippen molar-refractivity contribution in [2.45, 2.75) is 23.8 Å². The fourth-order valence-corrected chi connectivity index (χ4v) is 4.05. The average Bonchev–Trinajstić information content (AvgIpc) is 3.26. The topological polar surface area (TPSA) is 75.4 Å². The lowest BCUT2D eigenvalue weighted by Crippen LogP contribution is -2.32. The summed E-state index contributed by atoms with van der Waals surface area (Å²) in [7, 11) is 0. The van der Waals surface area contributed by atoms with E-state index in [1.54, 1.807) is 6.07 Å². The van der Waals surface area contributed by atoms with E-state index in [1.165, 1.54) is 11.8 Å². The van der Waals surface area contributed by atoms with E-state index in [0.717, 1.165) is 36.4 Å². The largest absolute Gasteiger partial charge is 0.350 e. The van der Waals surface area contributed by atoms with Crippen molar-refractivity contribution in [2.75, 3.05) is 25.4 Å². The maximum Gasteiger partial charge on any atom is 0.252 e. The minimum atomic E-state index is -0.258. The second kappa shape index (κ2) is 9.58. The second-order valence-corrected chi connectivity index (χ2v) is 7.62. The van der Waals surface area contributed by atoms with Gasteiger partial charge in [-0.1, -0.05) is 42.5 Å². The van der Waals surface area contributed by atoms with Crippen molar-refractivity contribution in [3.05, 3.63) is 65.7 Å². The summed E-state index contributed by atoms with van der Waals surface area (Å²) in [6.07, 6.45) is 2.16. The van der Waals surface area contributed by atoms with Gasteiger partial charge in [0.05, 0.1) is 11.3 Å². The molecule has 0 aromatic heterocycles. The molecule has 1 atom stereocenters. The van der Waals surface area contributed by atoms with Gasteiger partial charge in [0.15, 0.2) is 0 Å². The summed E-state index contributed by atoms with van der Waals surface area (Å²) in [4.78, 5) is 27.6. The molecule has 0 bridgehead atoms. The van der Waals surface area contributed by atoms with Crippen LogP contribution >= 0.6 is 11.8 Å². The molecule has 1 fully saturated rings. The van der Waals surface area contributed by atoms with E-state index in [2.05, 4.69) is 5.32 Å². The fraction of sp³-hybridized carbons (Fsp3) is 0.333. The van der Waals surface area contributed by atoms with Gasteiger partial charge in [0.2, 0.25) is 5.91 Å².